The summed E-state index contributed by atoms with van der Waals surface area (Å²) in [6, 6.07) is 10.2. The van der Waals surface area contributed by atoms with Crippen LogP contribution in [0.1, 0.15) is 49.9 Å². The number of carboxylic acids is 1. The smallest absolute Gasteiger partial charge is 0.490 e. The molecule has 0 saturated heterocycles. The van der Waals surface area contributed by atoms with Crippen LogP contribution in [0.5, 0.6) is 5.75 Å². The molecule has 3 rings (SSSR count). The summed E-state index contributed by atoms with van der Waals surface area (Å²) < 4.78 is 37.6. The SMILES string of the molecule is CC1(C)CCC(NCCOc2ccc(-c3cncc(C(N)=O)c3)cc2)CC1.O=C(O)C(F)(F)F. The molecule has 186 valence electrons. The van der Waals surface area contributed by atoms with Gasteiger partial charge in [-0.2, -0.15) is 13.2 Å². The van der Waals surface area contributed by atoms with Gasteiger partial charge >= 0.3 is 12.1 Å². The number of benzene rings is 1. The topological polar surface area (TPSA) is 115 Å². The zero-order chi connectivity index (χ0) is 25.4. The van der Waals surface area contributed by atoms with E-state index >= 15 is 0 Å². The maximum atomic E-state index is 11.3. The molecule has 1 aliphatic carbocycles. The quantitative estimate of drug-likeness (QED) is 0.505. The molecule has 10 heteroatoms. The lowest BCUT2D eigenvalue weighted by Gasteiger charge is -2.34. The van der Waals surface area contributed by atoms with Crippen molar-refractivity contribution in [1.82, 2.24) is 10.3 Å². The Morgan fingerprint density at radius 2 is 1.74 bits per heavy atom. The number of amides is 1. The van der Waals surface area contributed by atoms with Gasteiger partial charge in [-0.15, -0.1) is 0 Å². The van der Waals surface area contributed by atoms with Crippen LogP contribution in [-0.2, 0) is 4.79 Å². The molecule has 0 bridgehead atoms. The van der Waals surface area contributed by atoms with Crippen LogP contribution in [0.4, 0.5) is 13.2 Å². The highest BCUT2D eigenvalue weighted by Gasteiger charge is 2.38. The largest absolute Gasteiger partial charge is 0.492 e. The molecule has 34 heavy (non-hydrogen) atoms. The molecule has 0 aliphatic heterocycles. The molecule has 0 unspecified atom stereocenters. The van der Waals surface area contributed by atoms with Crippen LogP contribution in [0, 0.1) is 5.41 Å². The Hall–Kier alpha value is -3.14. The van der Waals surface area contributed by atoms with E-state index in [1.165, 1.54) is 31.9 Å². The Bertz CT molecular complexity index is 953. The molecule has 0 atom stereocenters. The van der Waals surface area contributed by atoms with Crippen molar-refractivity contribution < 1.29 is 32.6 Å². The molecule has 0 radical (unpaired) electrons. The molecule has 7 nitrogen and oxygen atoms in total. The predicted octanol–water partition coefficient (Wildman–Crippen LogP) is 4.42. The minimum atomic E-state index is -5.08. The van der Waals surface area contributed by atoms with E-state index in [4.69, 9.17) is 20.4 Å². The molecular weight excluding hydrogens is 451 g/mol. The summed E-state index contributed by atoms with van der Waals surface area (Å²) >= 11 is 0. The highest BCUT2D eigenvalue weighted by Crippen LogP contribution is 2.34. The van der Waals surface area contributed by atoms with Gasteiger partial charge in [0.15, 0.2) is 0 Å². The number of alkyl halides is 3. The molecule has 1 amide bonds. The van der Waals surface area contributed by atoms with Gasteiger partial charge in [0.1, 0.15) is 12.4 Å². The fourth-order valence-corrected chi connectivity index (χ4v) is 3.51. The second-order valence-electron chi connectivity index (χ2n) is 8.89. The number of halogens is 3. The second kappa shape index (κ2) is 11.8. The van der Waals surface area contributed by atoms with E-state index in [2.05, 4.69) is 24.1 Å². The summed E-state index contributed by atoms with van der Waals surface area (Å²) in [6.45, 7) is 6.22. The number of pyridine rings is 1. The third kappa shape index (κ3) is 9.01. The summed E-state index contributed by atoms with van der Waals surface area (Å²) in [5.41, 5.74) is 8.06. The highest BCUT2D eigenvalue weighted by atomic mass is 19.4. The number of hydrogen-bond donors (Lipinski definition) is 3. The number of nitrogens with one attached hydrogen (secondary N) is 1. The van der Waals surface area contributed by atoms with E-state index in [0.717, 1.165) is 23.4 Å². The lowest BCUT2D eigenvalue weighted by molar-refractivity contribution is -0.192. The zero-order valence-corrected chi connectivity index (χ0v) is 19.2. The number of carbonyl (C=O) groups excluding carboxylic acids is 1. The average Bonchev–Trinajstić information content (AvgIpc) is 2.78. The Balaban J connectivity index is 0.000000509. The van der Waals surface area contributed by atoms with Crippen LogP contribution >= 0.6 is 0 Å². The summed E-state index contributed by atoms with van der Waals surface area (Å²) in [7, 11) is 0. The van der Waals surface area contributed by atoms with Crippen molar-refractivity contribution in [1.29, 1.82) is 0 Å². The molecule has 1 fully saturated rings. The van der Waals surface area contributed by atoms with Crippen molar-refractivity contribution in [2.45, 2.75) is 51.7 Å². The Morgan fingerprint density at radius 3 is 2.26 bits per heavy atom. The minimum Gasteiger partial charge on any atom is -0.492 e. The maximum Gasteiger partial charge on any atom is 0.490 e. The number of aromatic nitrogens is 1. The van der Waals surface area contributed by atoms with E-state index in [1.54, 1.807) is 12.3 Å². The van der Waals surface area contributed by atoms with E-state index < -0.39 is 18.1 Å². The summed E-state index contributed by atoms with van der Waals surface area (Å²) in [6.07, 6.45) is 3.19. The normalized spacial score (nSPS) is 15.7. The number of primary amides is 1. The number of carbonyl (C=O) groups is 2. The Morgan fingerprint density at radius 1 is 1.15 bits per heavy atom. The van der Waals surface area contributed by atoms with Crippen LogP contribution < -0.4 is 15.8 Å². The molecule has 1 heterocycles. The lowest BCUT2D eigenvalue weighted by Crippen LogP contribution is -2.37. The van der Waals surface area contributed by atoms with Crippen molar-refractivity contribution in [2.24, 2.45) is 11.1 Å². The number of aliphatic carboxylic acids is 1. The number of hydrogen-bond acceptors (Lipinski definition) is 5. The van der Waals surface area contributed by atoms with Gasteiger partial charge in [-0.25, -0.2) is 4.79 Å². The number of ether oxygens (including phenoxy) is 1. The first-order valence-corrected chi connectivity index (χ1v) is 10.9. The maximum absolute atomic E-state index is 11.3. The van der Waals surface area contributed by atoms with Crippen molar-refractivity contribution >= 4 is 11.9 Å². The first kappa shape index (κ1) is 27.1. The fourth-order valence-electron chi connectivity index (χ4n) is 3.51. The van der Waals surface area contributed by atoms with Gasteiger partial charge in [-0.05, 0) is 54.9 Å². The molecule has 2 aromatic rings. The molecule has 1 aromatic heterocycles. The first-order chi connectivity index (χ1) is 15.9. The fraction of sp³-hybridized carbons (Fsp3) is 0.458. The zero-order valence-electron chi connectivity index (χ0n) is 19.2. The second-order valence-corrected chi connectivity index (χ2v) is 8.89. The molecule has 1 saturated carbocycles. The highest BCUT2D eigenvalue weighted by molar-refractivity contribution is 5.93. The number of carboxylic acid groups (broad SMARTS) is 1. The van der Waals surface area contributed by atoms with Crippen LogP contribution in [-0.4, -0.2) is 47.3 Å². The molecule has 1 aromatic carbocycles. The minimum absolute atomic E-state index is 0.407. The van der Waals surface area contributed by atoms with E-state index in [9.17, 15) is 18.0 Å². The van der Waals surface area contributed by atoms with Gasteiger partial charge in [0, 0.05) is 30.5 Å². The molecule has 4 N–H and O–H groups in total. The van der Waals surface area contributed by atoms with Gasteiger partial charge in [0.2, 0.25) is 5.91 Å². The third-order valence-electron chi connectivity index (χ3n) is 5.60. The van der Waals surface area contributed by atoms with Gasteiger partial charge in [-0.3, -0.25) is 9.78 Å². The number of rotatable bonds is 7. The van der Waals surface area contributed by atoms with E-state index in [1.807, 2.05) is 24.3 Å². The number of nitrogens with two attached hydrogens (primary N) is 1. The lowest BCUT2D eigenvalue weighted by atomic mass is 9.75. The predicted molar refractivity (Wildman–Crippen MR) is 121 cm³/mol. The summed E-state index contributed by atoms with van der Waals surface area (Å²) in [4.78, 5) is 24.3. The van der Waals surface area contributed by atoms with Crippen molar-refractivity contribution in [3.05, 3.63) is 48.3 Å². The van der Waals surface area contributed by atoms with Crippen LogP contribution in [0.15, 0.2) is 42.7 Å². The summed E-state index contributed by atoms with van der Waals surface area (Å²) in [5, 5.41) is 10.7. The van der Waals surface area contributed by atoms with Gasteiger partial charge in [0.05, 0.1) is 5.56 Å². The molecular formula is C24H30F3N3O4. The Labute approximate surface area is 196 Å². The third-order valence-corrected chi connectivity index (χ3v) is 5.60. The Kier molecular flexibility index (Phi) is 9.43. The first-order valence-electron chi connectivity index (χ1n) is 10.9. The number of nitrogens with zero attached hydrogens (tertiary/aromatic N) is 1. The average molecular weight is 482 g/mol. The standard InChI is InChI=1S/C22H29N3O2.C2HF3O2/c1-22(2)9-7-19(8-10-22)25-11-12-27-20-5-3-16(4-6-20)17-13-18(21(23)26)15-24-14-17;3-2(4,5)1(6)7/h3-6,13-15,19,25H,7-12H2,1-2H3,(H2,23,26);(H,6,7). The van der Waals surface area contributed by atoms with E-state index in [0.29, 0.717) is 23.6 Å². The monoisotopic (exact) mass is 481 g/mol. The van der Waals surface area contributed by atoms with Crippen molar-refractivity contribution in [3.63, 3.8) is 0 Å². The molecule has 1 aliphatic rings. The van der Waals surface area contributed by atoms with Crippen molar-refractivity contribution in [3.8, 4) is 16.9 Å². The van der Waals surface area contributed by atoms with Crippen molar-refractivity contribution in [2.75, 3.05) is 13.2 Å². The van der Waals surface area contributed by atoms with E-state index in [-0.39, 0.29) is 0 Å². The molecule has 0 spiro atoms. The summed E-state index contributed by atoms with van der Waals surface area (Å²) in [5.74, 6) is -2.39. The van der Waals surface area contributed by atoms with Crippen LogP contribution in [0.2, 0.25) is 0 Å². The van der Waals surface area contributed by atoms with Gasteiger partial charge < -0.3 is 20.9 Å². The van der Waals surface area contributed by atoms with Gasteiger partial charge in [0.25, 0.3) is 0 Å². The van der Waals surface area contributed by atoms with Gasteiger partial charge in [-0.1, -0.05) is 26.0 Å². The van der Waals surface area contributed by atoms with Crippen LogP contribution in [0.3, 0.4) is 0 Å². The van der Waals surface area contributed by atoms with Crippen LogP contribution in [0.25, 0.3) is 11.1 Å².